The zero-order valence-electron chi connectivity index (χ0n) is 16.8. The molecule has 1 aliphatic rings. The second-order valence-electron chi connectivity index (χ2n) is 7.86. The van der Waals surface area contributed by atoms with Gasteiger partial charge >= 0.3 is 0 Å². The quantitative estimate of drug-likeness (QED) is 0.561. The molecule has 1 aromatic heterocycles. The minimum Gasteiger partial charge on any atom is -0.444 e. The molecule has 1 fully saturated rings. The van der Waals surface area contributed by atoms with E-state index in [0.29, 0.717) is 12.4 Å². The topological polar surface area (TPSA) is 46.3 Å². The monoisotopic (exact) mass is 392 g/mol. The van der Waals surface area contributed by atoms with Gasteiger partial charge in [0.05, 0.1) is 5.69 Å². The van der Waals surface area contributed by atoms with Gasteiger partial charge in [0.25, 0.3) is 0 Å². The number of carbonyl (C=O) groups is 1. The molecule has 2 aromatic carbocycles. The van der Waals surface area contributed by atoms with Crippen LogP contribution in [-0.4, -0.2) is 28.8 Å². The summed E-state index contributed by atoms with van der Waals surface area (Å²) in [5.74, 6) is 0.562. The van der Waals surface area contributed by atoms with Crippen molar-refractivity contribution in [2.75, 3.05) is 13.1 Å². The number of likely N-dealkylation sites (tertiary alicyclic amines) is 1. The highest BCUT2D eigenvalue weighted by Gasteiger charge is 2.26. The average molecular weight is 392 g/mol. The van der Waals surface area contributed by atoms with Crippen LogP contribution < -0.4 is 0 Å². The van der Waals surface area contributed by atoms with Gasteiger partial charge in [0, 0.05) is 23.6 Å². The van der Waals surface area contributed by atoms with Gasteiger partial charge in [-0.3, -0.25) is 9.69 Å². The second-order valence-corrected chi connectivity index (χ2v) is 7.86. The van der Waals surface area contributed by atoms with Gasteiger partial charge in [-0.25, -0.2) is 9.37 Å². The van der Waals surface area contributed by atoms with Gasteiger partial charge in [-0.05, 0) is 81.2 Å². The molecule has 0 bridgehead atoms. The number of rotatable bonds is 5. The van der Waals surface area contributed by atoms with E-state index in [2.05, 4.69) is 16.8 Å². The van der Waals surface area contributed by atoms with Crippen molar-refractivity contribution in [2.24, 2.45) is 5.92 Å². The molecule has 4 nitrogen and oxygen atoms in total. The lowest BCUT2D eigenvalue weighted by Crippen LogP contribution is -2.36. The Bertz CT molecular complexity index is 1000. The highest BCUT2D eigenvalue weighted by Crippen LogP contribution is 2.25. The Morgan fingerprint density at radius 2 is 1.83 bits per heavy atom. The number of piperidine rings is 1. The number of ketones is 1. The number of hydrogen-bond donors (Lipinski definition) is 0. The van der Waals surface area contributed by atoms with E-state index < -0.39 is 0 Å². The van der Waals surface area contributed by atoms with Crippen molar-refractivity contribution in [2.45, 2.75) is 33.2 Å². The Kier molecular flexibility index (Phi) is 5.58. The van der Waals surface area contributed by atoms with E-state index in [9.17, 15) is 9.18 Å². The Morgan fingerprint density at radius 3 is 2.52 bits per heavy atom. The molecular weight excluding hydrogens is 367 g/mol. The number of aryl methyl sites for hydroxylation is 2. The molecule has 150 valence electrons. The van der Waals surface area contributed by atoms with E-state index in [0.717, 1.165) is 48.3 Å². The Balaban J connectivity index is 1.33. The van der Waals surface area contributed by atoms with Crippen molar-refractivity contribution in [3.63, 3.8) is 0 Å². The first kappa shape index (κ1) is 19.5. The Hall–Kier alpha value is -2.79. The molecule has 0 unspecified atom stereocenters. The van der Waals surface area contributed by atoms with Crippen molar-refractivity contribution in [1.29, 1.82) is 0 Å². The number of hydrogen-bond acceptors (Lipinski definition) is 4. The number of oxazole rings is 1. The number of Topliss-reactive ketones (excluding diaryl/α,β-unsaturated/α-hetero) is 1. The van der Waals surface area contributed by atoms with Gasteiger partial charge in [-0.1, -0.05) is 12.1 Å². The van der Waals surface area contributed by atoms with Gasteiger partial charge in [-0.15, -0.1) is 0 Å². The fourth-order valence-corrected chi connectivity index (χ4v) is 3.82. The maximum Gasteiger partial charge on any atom is 0.226 e. The summed E-state index contributed by atoms with van der Waals surface area (Å²) in [5.41, 5.74) is 4.81. The van der Waals surface area contributed by atoms with Crippen LogP contribution in [0.3, 0.4) is 0 Å². The van der Waals surface area contributed by atoms with Crippen LogP contribution in [0.5, 0.6) is 0 Å². The molecular formula is C24H25FN2O2. The molecule has 0 atom stereocenters. The Labute approximate surface area is 170 Å². The third kappa shape index (κ3) is 4.46. The zero-order valence-corrected chi connectivity index (χ0v) is 16.8. The fourth-order valence-electron chi connectivity index (χ4n) is 3.82. The van der Waals surface area contributed by atoms with Gasteiger partial charge < -0.3 is 4.42 Å². The largest absolute Gasteiger partial charge is 0.444 e. The van der Waals surface area contributed by atoms with Crippen LogP contribution in [0.4, 0.5) is 4.39 Å². The molecule has 0 aliphatic carbocycles. The van der Waals surface area contributed by atoms with Crippen LogP contribution in [0.1, 0.15) is 40.0 Å². The smallest absolute Gasteiger partial charge is 0.226 e. The lowest BCUT2D eigenvalue weighted by atomic mass is 9.88. The van der Waals surface area contributed by atoms with Crippen molar-refractivity contribution in [3.05, 3.63) is 76.9 Å². The minimum absolute atomic E-state index is 0.0837. The fraction of sp³-hybridized carbons (Fsp3) is 0.333. The predicted molar refractivity (Wildman–Crippen MR) is 110 cm³/mol. The van der Waals surface area contributed by atoms with Crippen molar-refractivity contribution < 1.29 is 13.6 Å². The molecule has 2 heterocycles. The summed E-state index contributed by atoms with van der Waals surface area (Å²) in [5, 5.41) is 0. The molecule has 0 N–H and O–H groups in total. The number of halogens is 1. The number of benzene rings is 2. The highest BCUT2D eigenvalue weighted by molar-refractivity contribution is 5.98. The zero-order chi connectivity index (χ0) is 20.4. The first-order valence-corrected chi connectivity index (χ1v) is 10.0. The van der Waals surface area contributed by atoms with E-state index in [4.69, 9.17) is 4.42 Å². The molecule has 0 saturated carbocycles. The third-order valence-electron chi connectivity index (χ3n) is 5.78. The molecule has 0 amide bonds. The highest BCUT2D eigenvalue weighted by atomic mass is 19.1. The summed E-state index contributed by atoms with van der Waals surface area (Å²) in [6, 6.07) is 12.1. The van der Waals surface area contributed by atoms with Crippen LogP contribution in [-0.2, 0) is 6.54 Å². The SMILES string of the molecule is Cc1ccc(C(=O)C2CCN(Cc3coc(-c4ccc(F)cc4)n3)CC2)cc1C. The van der Waals surface area contributed by atoms with Gasteiger partial charge in [0.15, 0.2) is 5.78 Å². The minimum atomic E-state index is -0.279. The lowest BCUT2D eigenvalue weighted by Gasteiger charge is -2.30. The van der Waals surface area contributed by atoms with Crippen LogP contribution in [0.2, 0.25) is 0 Å². The Morgan fingerprint density at radius 1 is 1.10 bits per heavy atom. The summed E-state index contributed by atoms with van der Waals surface area (Å²) in [6.45, 7) is 6.52. The second kappa shape index (κ2) is 8.29. The summed E-state index contributed by atoms with van der Waals surface area (Å²) in [4.78, 5) is 19.7. The van der Waals surface area contributed by atoms with Crippen molar-refractivity contribution in [1.82, 2.24) is 9.88 Å². The third-order valence-corrected chi connectivity index (χ3v) is 5.78. The van der Waals surface area contributed by atoms with E-state index in [1.807, 2.05) is 25.1 Å². The first-order chi connectivity index (χ1) is 14.0. The van der Waals surface area contributed by atoms with E-state index in [1.165, 1.54) is 17.7 Å². The molecule has 1 aliphatic heterocycles. The van der Waals surface area contributed by atoms with Gasteiger partial charge in [-0.2, -0.15) is 0 Å². The van der Waals surface area contributed by atoms with Crippen molar-refractivity contribution in [3.8, 4) is 11.5 Å². The number of nitrogens with zero attached hydrogens (tertiary/aromatic N) is 2. The summed E-state index contributed by atoms with van der Waals surface area (Å²) in [6.07, 6.45) is 3.37. The number of aromatic nitrogens is 1. The molecule has 29 heavy (non-hydrogen) atoms. The molecule has 4 rings (SSSR count). The van der Waals surface area contributed by atoms with Gasteiger partial charge in [0.1, 0.15) is 12.1 Å². The standard InChI is InChI=1S/C24H25FN2O2/c1-16-3-4-20(13-17(16)2)23(28)18-9-11-27(12-10-18)14-22-15-29-24(26-22)19-5-7-21(25)8-6-19/h3-8,13,15,18H,9-12,14H2,1-2H3. The van der Waals surface area contributed by atoms with E-state index in [-0.39, 0.29) is 17.5 Å². The summed E-state index contributed by atoms with van der Waals surface area (Å²) < 4.78 is 18.6. The van der Waals surface area contributed by atoms with Crippen LogP contribution in [0.15, 0.2) is 53.1 Å². The van der Waals surface area contributed by atoms with Crippen molar-refractivity contribution >= 4 is 5.78 Å². The summed E-state index contributed by atoms with van der Waals surface area (Å²) >= 11 is 0. The summed E-state index contributed by atoms with van der Waals surface area (Å²) in [7, 11) is 0. The maximum absolute atomic E-state index is 13.1. The van der Waals surface area contributed by atoms with Crippen LogP contribution >= 0.6 is 0 Å². The predicted octanol–water partition coefficient (Wildman–Crippen LogP) is 5.19. The van der Waals surface area contributed by atoms with Gasteiger partial charge in [0.2, 0.25) is 5.89 Å². The molecule has 0 spiro atoms. The van der Waals surface area contributed by atoms with Crippen LogP contribution in [0.25, 0.3) is 11.5 Å². The molecule has 3 aromatic rings. The molecule has 0 radical (unpaired) electrons. The first-order valence-electron chi connectivity index (χ1n) is 10.0. The normalized spacial score (nSPS) is 15.6. The number of carbonyl (C=O) groups excluding carboxylic acids is 1. The lowest BCUT2D eigenvalue weighted by molar-refractivity contribution is 0.0833. The van der Waals surface area contributed by atoms with E-state index in [1.54, 1.807) is 18.4 Å². The molecule has 5 heteroatoms. The molecule has 1 saturated heterocycles. The average Bonchev–Trinajstić information content (AvgIpc) is 3.19. The van der Waals surface area contributed by atoms with Crippen LogP contribution in [0, 0.1) is 25.6 Å². The maximum atomic E-state index is 13.1. The van der Waals surface area contributed by atoms with E-state index >= 15 is 0 Å².